The second-order valence-electron chi connectivity index (χ2n) is 4.60. The lowest BCUT2D eigenvalue weighted by Gasteiger charge is -2.11. The van der Waals surface area contributed by atoms with Crippen LogP contribution in [0.15, 0.2) is 30.6 Å². The van der Waals surface area contributed by atoms with Crippen LogP contribution in [0.5, 0.6) is 0 Å². The molecular weight excluding hydrogens is 266 g/mol. The first-order chi connectivity index (χ1) is 8.99. The van der Waals surface area contributed by atoms with E-state index >= 15 is 0 Å². The van der Waals surface area contributed by atoms with Crippen LogP contribution in [0.25, 0.3) is 0 Å². The molecule has 5 nitrogen and oxygen atoms in total. The summed E-state index contributed by atoms with van der Waals surface area (Å²) in [4.78, 5) is 14.5. The van der Waals surface area contributed by atoms with Crippen LogP contribution in [-0.2, 0) is 6.54 Å². The summed E-state index contributed by atoms with van der Waals surface area (Å²) in [6.07, 6.45) is 3.63. The third-order valence-electron chi connectivity index (χ3n) is 2.85. The Morgan fingerprint density at radius 3 is 2.79 bits per heavy atom. The minimum atomic E-state index is -0.452. The zero-order valence-electron chi connectivity index (χ0n) is 10.7. The average Bonchev–Trinajstić information content (AvgIpc) is 2.79. The first kappa shape index (κ1) is 13.5. The predicted octanol–water partition coefficient (Wildman–Crippen LogP) is 3.62. The van der Waals surface area contributed by atoms with E-state index in [1.54, 1.807) is 12.3 Å². The third-order valence-corrected chi connectivity index (χ3v) is 3.20. The van der Waals surface area contributed by atoms with Crippen molar-refractivity contribution < 1.29 is 4.92 Å². The Labute approximate surface area is 116 Å². The molecule has 0 amide bonds. The zero-order chi connectivity index (χ0) is 14.0. The van der Waals surface area contributed by atoms with Crippen LogP contribution in [0.2, 0.25) is 5.02 Å². The smallest absolute Gasteiger partial charge is 0.270 e. The molecule has 0 unspecified atom stereocenters. The number of imidazole rings is 1. The molecule has 0 radical (unpaired) electrons. The Morgan fingerprint density at radius 1 is 1.47 bits per heavy atom. The molecule has 6 heteroatoms. The second-order valence-corrected chi connectivity index (χ2v) is 5.01. The fourth-order valence-electron chi connectivity index (χ4n) is 1.92. The minimum absolute atomic E-state index is 0.00321. The molecule has 0 saturated heterocycles. The SMILES string of the molecule is CC(C)c1nccn1Cc1ccc([N+](=O)[O-])cc1Cl. The molecule has 0 N–H and O–H groups in total. The molecule has 0 saturated carbocycles. The van der Waals surface area contributed by atoms with Crippen LogP contribution < -0.4 is 0 Å². The number of halogens is 1. The number of nitro groups is 1. The lowest BCUT2D eigenvalue weighted by Crippen LogP contribution is -2.06. The van der Waals surface area contributed by atoms with Crippen molar-refractivity contribution in [3.63, 3.8) is 0 Å². The zero-order valence-corrected chi connectivity index (χ0v) is 11.5. The number of non-ortho nitro benzene ring substituents is 1. The number of nitrogens with zero attached hydrogens (tertiary/aromatic N) is 3. The molecule has 0 atom stereocenters. The second kappa shape index (κ2) is 5.40. The largest absolute Gasteiger partial charge is 0.330 e. The minimum Gasteiger partial charge on any atom is -0.330 e. The van der Waals surface area contributed by atoms with Gasteiger partial charge in [0.25, 0.3) is 5.69 Å². The number of aromatic nitrogens is 2. The van der Waals surface area contributed by atoms with E-state index < -0.39 is 4.92 Å². The van der Waals surface area contributed by atoms with E-state index in [9.17, 15) is 10.1 Å². The monoisotopic (exact) mass is 279 g/mol. The summed E-state index contributed by atoms with van der Waals surface area (Å²) in [6.45, 7) is 4.69. The lowest BCUT2D eigenvalue weighted by atomic mass is 10.1. The van der Waals surface area contributed by atoms with Gasteiger partial charge in [0, 0.05) is 30.4 Å². The van der Waals surface area contributed by atoms with Gasteiger partial charge in [-0.2, -0.15) is 0 Å². The summed E-state index contributed by atoms with van der Waals surface area (Å²) in [5.41, 5.74) is 0.843. The van der Waals surface area contributed by atoms with Crippen molar-refractivity contribution >= 4 is 17.3 Å². The molecule has 0 aliphatic heterocycles. The molecule has 1 heterocycles. The van der Waals surface area contributed by atoms with Gasteiger partial charge in [0.1, 0.15) is 5.82 Å². The predicted molar refractivity (Wildman–Crippen MR) is 73.5 cm³/mol. The normalized spacial score (nSPS) is 10.9. The van der Waals surface area contributed by atoms with Crippen molar-refractivity contribution in [2.24, 2.45) is 0 Å². The highest BCUT2D eigenvalue weighted by Gasteiger charge is 2.12. The van der Waals surface area contributed by atoms with E-state index in [4.69, 9.17) is 11.6 Å². The summed E-state index contributed by atoms with van der Waals surface area (Å²) < 4.78 is 2.00. The number of benzene rings is 1. The van der Waals surface area contributed by atoms with Gasteiger partial charge in [-0.25, -0.2) is 4.98 Å². The maximum atomic E-state index is 10.7. The van der Waals surface area contributed by atoms with E-state index in [0.717, 1.165) is 11.4 Å². The molecule has 1 aromatic heterocycles. The summed E-state index contributed by atoms with van der Waals surface area (Å²) >= 11 is 6.08. The van der Waals surface area contributed by atoms with Gasteiger partial charge >= 0.3 is 0 Å². The molecule has 0 bridgehead atoms. The van der Waals surface area contributed by atoms with Crippen molar-refractivity contribution in [2.75, 3.05) is 0 Å². The van der Waals surface area contributed by atoms with Crippen molar-refractivity contribution in [1.82, 2.24) is 9.55 Å². The highest BCUT2D eigenvalue weighted by Crippen LogP contribution is 2.24. The van der Waals surface area contributed by atoms with Gasteiger partial charge in [-0.1, -0.05) is 25.4 Å². The summed E-state index contributed by atoms with van der Waals surface area (Å²) in [6, 6.07) is 4.53. The third kappa shape index (κ3) is 2.93. The van der Waals surface area contributed by atoms with E-state index in [1.165, 1.54) is 12.1 Å². The van der Waals surface area contributed by atoms with Gasteiger partial charge in [0.05, 0.1) is 16.5 Å². The van der Waals surface area contributed by atoms with Crippen LogP contribution in [0.3, 0.4) is 0 Å². The number of hydrogen-bond donors (Lipinski definition) is 0. The van der Waals surface area contributed by atoms with Crippen LogP contribution >= 0.6 is 11.6 Å². The van der Waals surface area contributed by atoms with E-state index in [2.05, 4.69) is 18.8 Å². The van der Waals surface area contributed by atoms with E-state index in [0.29, 0.717) is 17.5 Å². The lowest BCUT2D eigenvalue weighted by molar-refractivity contribution is -0.384. The van der Waals surface area contributed by atoms with Crippen molar-refractivity contribution in [1.29, 1.82) is 0 Å². The van der Waals surface area contributed by atoms with Gasteiger partial charge in [0.2, 0.25) is 0 Å². The number of nitro benzene ring substituents is 1. The fourth-order valence-corrected chi connectivity index (χ4v) is 2.15. The van der Waals surface area contributed by atoms with Crippen LogP contribution in [-0.4, -0.2) is 14.5 Å². The van der Waals surface area contributed by atoms with Gasteiger partial charge in [-0.05, 0) is 11.6 Å². The van der Waals surface area contributed by atoms with Crippen LogP contribution in [0, 0.1) is 10.1 Å². The van der Waals surface area contributed by atoms with Gasteiger partial charge in [-0.3, -0.25) is 10.1 Å². The maximum absolute atomic E-state index is 10.7. The highest BCUT2D eigenvalue weighted by molar-refractivity contribution is 6.31. The standard InChI is InChI=1S/C13H14ClN3O2/c1-9(2)13-15-5-6-16(13)8-10-3-4-11(17(18)19)7-12(10)14/h3-7,9H,8H2,1-2H3. The van der Waals surface area contributed by atoms with E-state index in [-0.39, 0.29) is 5.69 Å². The number of hydrogen-bond acceptors (Lipinski definition) is 3. The molecule has 19 heavy (non-hydrogen) atoms. The summed E-state index contributed by atoms with van der Waals surface area (Å²) in [5.74, 6) is 1.28. The van der Waals surface area contributed by atoms with Crippen LogP contribution in [0.4, 0.5) is 5.69 Å². The summed E-state index contributed by atoms with van der Waals surface area (Å²) in [7, 11) is 0. The highest BCUT2D eigenvalue weighted by atomic mass is 35.5. The Bertz CT molecular complexity index is 608. The topological polar surface area (TPSA) is 61.0 Å². The fraction of sp³-hybridized carbons (Fsp3) is 0.308. The number of rotatable bonds is 4. The van der Waals surface area contributed by atoms with Crippen molar-refractivity contribution in [3.05, 3.63) is 57.1 Å². The first-order valence-corrected chi connectivity index (χ1v) is 6.30. The quantitative estimate of drug-likeness (QED) is 0.634. The first-order valence-electron chi connectivity index (χ1n) is 5.93. The molecule has 100 valence electrons. The van der Waals surface area contributed by atoms with Gasteiger partial charge in [-0.15, -0.1) is 0 Å². The molecular formula is C13H14ClN3O2. The Morgan fingerprint density at radius 2 is 2.21 bits per heavy atom. The van der Waals surface area contributed by atoms with Gasteiger partial charge in [0.15, 0.2) is 0 Å². The summed E-state index contributed by atoms with van der Waals surface area (Å²) in [5, 5.41) is 11.1. The molecule has 0 aliphatic carbocycles. The van der Waals surface area contributed by atoms with Crippen molar-refractivity contribution in [2.45, 2.75) is 26.3 Å². The maximum Gasteiger partial charge on any atom is 0.270 e. The van der Waals surface area contributed by atoms with Crippen LogP contribution in [0.1, 0.15) is 31.2 Å². The van der Waals surface area contributed by atoms with E-state index in [1.807, 2.05) is 10.8 Å². The molecule has 0 aliphatic rings. The van der Waals surface area contributed by atoms with Gasteiger partial charge < -0.3 is 4.57 Å². The molecule has 2 rings (SSSR count). The Kier molecular flexibility index (Phi) is 3.85. The molecule has 0 spiro atoms. The molecule has 0 fully saturated rings. The Hall–Kier alpha value is -1.88. The average molecular weight is 280 g/mol. The molecule has 1 aromatic carbocycles. The Balaban J connectivity index is 2.28. The van der Waals surface area contributed by atoms with Crippen molar-refractivity contribution in [3.8, 4) is 0 Å². The molecule has 2 aromatic rings.